The molecule has 5 nitrogen and oxygen atoms in total. The molecule has 1 aromatic carbocycles. The molecule has 2 unspecified atom stereocenters. The molecule has 1 fully saturated rings. The van der Waals surface area contributed by atoms with Gasteiger partial charge < -0.3 is 15.2 Å². The van der Waals surface area contributed by atoms with Gasteiger partial charge in [-0.15, -0.1) is 0 Å². The smallest absolute Gasteiger partial charge is 0.152 e. The Kier molecular flexibility index (Phi) is 4.91. The Balaban J connectivity index is 1.75. The van der Waals surface area contributed by atoms with E-state index < -0.39 is 21.5 Å². The van der Waals surface area contributed by atoms with Gasteiger partial charge in [0.1, 0.15) is 18.5 Å². The Morgan fingerprint density at radius 3 is 2.62 bits per heavy atom. The highest BCUT2D eigenvalue weighted by Crippen LogP contribution is 2.22. The number of benzene rings is 1. The van der Waals surface area contributed by atoms with Crippen LogP contribution in [0.25, 0.3) is 0 Å². The quantitative estimate of drug-likeness (QED) is 0.816. The summed E-state index contributed by atoms with van der Waals surface area (Å²) in [4.78, 5) is 0. The highest BCUT2D eigenvalue weighted by molar-refractivity contribution is 7.91. The number of rotatable bonds is 6. The predicted octanol–water partition coefficient (Wildman–Crippen LogP) is 0.902. The number of sulfone groups is 1. The lowest BCUT2D eigenvalue weighted by atomic mass is 10.0. The molecule has 0 spiro atoms. The van der Waals surface area contributed by atoms with Crippen LogP contribution in [0.1, 0.15) is 18.9 Å². The molecule has 2 rings (SSSR count). The van der Waals surface area contributed by atoms with E-state index in [1.165, 1.54) is 0 Å². The summed E-state index contributed by atoms with van der Waals surface area (Å²) in [5, 5.41) is 13.1. The van der Waals surface area contributed by atoms with Gasteiger partial charge in [0.05, 0.1) is 11.5 Å². The minimum atomic E-state index is -2.94. The standard InChI is InChI=1S/C15H23NO4S/c1-12-3-5-14(6-4-12)20-10-13(17)9-16-15(2)7-8-21(18,19)11-15/h3-6,13,16-17H,7-11H2,1-2H3. The van der Waals surface area contributed by atoms with Crippen LogP contribution >= 0.6 is 0 Å². The van der Waals surface area contributed by atoms with Crippen molar-refractivity contribution in [2.75, 3.05) is 24.7 Å². The average Bonchev–Trinajstić information content (AvgIpc) is 2.70. The Morgan fingerprint density at radius 2 is 2.05 bits per heavy atom. The maximum atomic E-state index is 11.5. The number of hydrogen-bond acceptors (Lipinski definition) is 5. The number of hydrogen-bond donors (Lipinski definition) is 2. The summed E-state index contributed by atoms with van der Waals surface area (Å²) in [6.45, 7) is 4.38. The van der Waals surface area contributed by atoms with Crippen LogP contribution in [0.5, 0.6) is 5.75 Å². The minimum Gasteiger partial charge on any atom is -0.491 e. The van der Waals surface area contributed by atoms with Gasteiger partial charge in [-0.3, -0.25) is 0 Å². The molecule has 1 heterocycles. The topological polar surface area (TPSA) is 75.6 Å². The van der Waals surface area contributed by atoms with Gasteiger partial charge in [-0.2, -0.15) is 0 Å². The number of aliphatic hydroxyl groups excluding tert-OH is 1. The molecule has 0 amide bonds. The number of ether oxygens (including phenoxy) is 1. The molecule has 0 radical (unpaired) electrons. The lowest BCUT2D eigenvalue weighted by molar-refractivity contribution is 0.0993. The second kappa shape index (κ2) is 6.34. The van der Waals surface area contributed by atoms with Crippen molar-refractivity contribution < 1.29 is 18.3 Å². The van der Waals surface area contributed by atoms with Gasteiger partial charge in [0.2, 0.25) is 0 Å². The van der Waals surface area contributed by atoms with Gasteiger partial charge in [0.15, 0.2) is 9.84 Å². The summed E-state index contributed by atoms with van der Waals surface area (Å²) in [6, 6.07) is 7.62. The molecule has 1 saturated heterocycles. The Morgan fingerprint density at radius 1 is 1.38 bits per heavy atom. The zero-order valence-corrected chi connectivity index (χ0v) is 13.3. The zero-order chi connectivity index (χ0) is 15.5. The fourth-order valence-corrected chi connectivity index (χ4v) is 4.52. The lowest BCUT2D eigenvalue weighted by Crippen LogP contribution is -2.47. The molecule has 1 aliphatic heterocycles. The molecule has 2 N–H and O–H groups in total. The van der Waals surface area contributed by atoms with E-state index in [4.69, 9.17) is 4.74 Å². The molecule has 2 atom stereocenters. The number of β-amino-alcohol motifs (C(OH)–C–C–N with tert-alkyl or cyclic N) is 1. The second-order valence-corrected chi connectivity index (χ2v) is 8.25. The molecular formula is C15H23NO4S. The maximum Gasteiger partial charge on any atom is 0.152 e. The number of aryl methyl sites for hydroxylation is 1. The first-order chi connectivity index (χ1) is 9.78. The van der Waals surface area contributed by atoms with Crippen molar-refractivity contribution in [2.24, 2.45) is 0 Å². The van der Waals surface area contributed by atoms with Crippen LogP contribution in [0.3, 0.4) is 0 Å². The van der Waals surface area contributed by atoms with Crippen molar-refractivity contribution in [1.82, 2.24) is 5.32 Å². The Labute approximate surface area is 126 Å². The van der Waals surface area contributed by atoms with Crippen LogP contribution in [0.4, 0.5) is 0 Å². The predicted molar refractivity (Wildman–Crippen MR) is 82.4 cm³/mol. The first kappa shape index (κ1) is 16.3. The van der Waals surface area contributed by atoms with Crippen LogP contribution < -0.4 is 10.1 Å². The van der Waals surface area contributed by atoms with Crippen LogP contribution in [0.2, 0.25) is 0 Å². The molecule has 0 saturated carbocycles. The summed E-state index contributed by atoms with van der Waals surface area (Å²) >= 11 is 0. The number of aliphatic hydroxyl groups is 1. The Hall–Kier alpha value is -1.11. The maximum absolute atomic E-state index is 11.5. The third-order valence-electron chi connectivity index (χ3n) is 3.73. The van der Waals surface area contributed by atoms with Gasteiger partial charge >= 0.3 is 0 Å². The molecule has 0 bridgehead atoms. The molecule has 21 heavy (non-hydrogen) atoms. The normalized spacial score (nSPS) is 25.7. The summed E-state index contributed by atoms with van der Waals surface area (Å²) < 4.78 is 28.5. The molecule has 1 aliphatic rings. The summed E-state index contributed by atoms with van der Waals surface area (Å²) in [6.07, 6.45) is -0.0904. The highest BCUT2D eigenvalue weighted by atomic mass is 32.2. The summed E-state index contributed by atoms with van der Waals surface area (Å²) in [5.74, 6) is 1.06. The van der Waals surface area contributed by atoms with Crippen LogP contribution in [-0.4, -0.2) is 49.8 Å². The first-order valence-corrected chi connectivity index (χ1v) is 8.93. The average molecular weight is 313 g/mol. The molecule has 118 valence electrons. The molecule has 0 aliphatic carbocycles. The lowest BCUT2D eigenvalue weighted by Gasteiger charge is -2.25. The Bertz CT molecular complexity index is 570. The van der Waals surface area contributed by atoms with E-state index >= 15 is 0 Å². The van der Waals surface area contributed by atoms with Crippen LogP contribution in [0, 0.1) is 6.92 Å². The zero-order valence-electron chi connectivity index (χ0n) is 12.5. The summed E-state index contributed by atoms with van der Waals surface area (Å²) in [7, 11) is -2.94. The van der Waals surface area contributed by atoms with E-state index in [1.54, 1.807) is 0 Å². The van der Waals surface area contributed by atoms with E-state index in [0.717, 1.165) is 5.56 Å². The molecule has 1 aromatic rings. The largest absolute Gasteiger partial charge is 0.491 e. The van der Waals surface area contributed by atoms with Crippen molar-refractivity contribution in [3.8, 4) is 5.75 Å². The van der Waals surface area contributed by atoms with E-state index in [-0.39, 0.29) is 18.1 Å². The van der Waals surface area contributed by atoms with E-state index in [1.807, 2.05) is 38.1 Å². The van der Waals surface area contributed by atoms with Gasteiger partial charge in [-0.1, -0.05) is 17.7 Å². The SMILES string of the molecule is Cc1ccc(OCC(O)CNC2(C)CCS(=O)(=O)C2)cc1. The van der Waals surface area contributed by atoms with Gasteiger partial charge in [-0.05, 0) is 32.4 Å². The number of nitrogens with one attached hydrogen (secondary N) is 1. The van der Waals surface area contributed by atoms with Crippen LogP contribution in [-0.2, 0) is 9.84 Å². The fraction of sp³-hybridized carbons (Fsp3) is 0.600. The van der Waals surface area contributed by atoms with Crippen molar-refractivity contribution in [3.05, 3.63) is 29.8 Å². The monoisotopic (exact) mass is 313 g/mol. The van der Waals surface area contributed by atoms with E-state index in [9.17, 15) is 13.5 Å². The second-order valence-electron chi connectivity index (χ2n) is 6.06. The molecule has 6 heteroatoms. The van der Waals surface area contributed by atoms with Crippen molar-refractivity contribution in [3.63, 3.8) is 0 Å². The first-order valence-electron chi connectivity index (χ1n) is 7.11. The molecule has 0 aromatic heterocycles. The van der Waals surface area contributed by atoms with Crippen LogP contribution in [0.15, 0.2) is 24.3 Å². The molecular weight excluding hydrogens is 290 g/mol. The fourth-order valence-electron chi connectivity index (χ4n) is 2.40. The van der Waals surface area contributed by atoms with Crippen molar-refractivity contribution in [2.45, 2.75) is 31.9 Å². The van der Waals surface area contributed by atoms with Gasteiger partial charge in [0, 0.05) is 12.1 Å². The van der Waals surface area contributed by atoms with Crippen molar-refractivity contribution in [1.29, 1.82) is 0 Å². The van der Waals surface area contributed by atoms with Gasteiger partial charge in [-0.25, -0.2) is 8.42 Å². The third-order valence-corrected chi connectivity index (χ3v) is 5.63. The van der Waals surface area contributed by atoms with E-state index in [2.05, 4.69) is 5.32 Å². The summed E-state index contributed by atoms with van der Waals surface area (Å²) in [5.41, 5.74) is 0.712. The van der Waals surface area contributed by atoms with E-state index in [0.29, 0.717) is 18.7 Å². The third kappa shape index (κ3) is 4.98. The minimum absolute atomic E-state index is 0.130. The van der Waals surface area contributed by atoms with Gasteiger partial charge in [0.25, 0.3) is 0 Å². The highest BCUT2D eigenvalue weighted by Gasteiger charge is 2.38. The van der Waals surface area contributed by atoms with Crippen molar-refractivity contribution >= 4 is 9.84 Å².